The minimum absolute atomic E-state index is 0.0533. The molecule has 0 saturated heterocycles. The number of carbonyl (C=O) groups is 2. The number of hydrogen-bond acceptors (Lipinski definition) is 3. The van der Waals surface area contributed by atoms with Crippen molar-refractivity contribution in [3.05, 3.63) is 0 Å². The topological polar surface area (TPSA) is 64.1 Å². The Morgan fingerprint density at radius 2 is 1.74 bits per heavy atom. The van der Waals surface area contributed by atoms with Crippen molar-refractivity contribution in [2.45, 2.75) is 37.8 Å². The Bertz CT molecular complexity index is 353. The number of amides is 2. The van der Waals surface area contributed by atoms with E-state index < -0.39 is 12.0 Å². The molecule has 6 nitrogen and oxygen atoms in total. The van der Waals surface area contributed by atoms with Crippen molar-refractivity contribution < 1.29 is 14.7 Å². The molecule has 1 atom stereocenters. The Balaban J connectivity index is 2.65. The SMILES string of the molecule is CC(C(=O)O)N(C)C(=O)N(C)CC1(N(C)C)CCC1. The van der Waals surface area contributed by atoms with Gasteiger partial charge in [-0.05, 0) is 40.3 Å². The summed E-state index contributed by atoms with van der Waals surface area (Å²) in [6.07, 6.45) is 3.34. The molecule has 0 radical (unpaired) electrons. The molecular formula is C13H25N3O3. The second-order valence-corrected chi connectivity index (χ2v) is 5.74. The molecule has 1 rings (SSSR count). The van der Waals surface area contributed by atoms with Gasteiger partial charge in [0.15, 0.2) is 0 Å². The Morgan fingerprint density at radius 3 is 2.05 bits per heavy atom. The van der Waals surface area contributed by atoms with Crippen LogP contribution < -0.4 is 0 Å². The van der Waals surface area contributed by atoms with Crippen molar-refractivity contribution >= 4 is 12.0 Å². The highest BCUT2D eigenvalue weighted by molar-refractivity contribution is 5.82. The van der Waals surface area contributed by atoms with Gasteiger partial charge in [0.25, 0.3) is 0 Å². The number of urea groups is 1. The summed E-state index contributed by atoms with van der Waals surface area (Å²) in [6, 6.07) is -1.06. The monoisotopic (exact) mass is 271 g/mol. The van der Waals surface area contributed by atoms with Gasteiger partial charge in [-0.25, -0.2) is 9.59 Å². The molecule has 1 saturated carbocycles. The third kappa shape index (κ3) is 3.18. The van der Waals surface area contributed by atoms with E-state index in [0.717, 1.165) is 12.8 Å². The fourth-order valence-electron chi connectivity index (χ4n) is 2.44. The zero-order chi connectivity index (χ0) is 14.8. The molecule has 1 aliphatic carbocycles. The number of likely N-dealkylation sites (N-methyl/N-ethyl adjacent to an activating group) is 3. The fourth-order valence-corrected chi connectivity index (χ4v) is 2.44. The van der Waals surface area contributed by atoms with Gasteiger partial charge in [0.1, 0.15) is 6.04 Å². The van der Waals surface area contributed by atoms with E-state index in [1.807, 2.05) is 14.1 Å². The largest absolute Gasteiger partial charge is 0.480 e. The maximum atomic E-state index is 12.2. The lowest BCUT2D eigenvalue weighted by atomic mass is 9.75. The van der Waals surface area contributed by atoms with E-state index in [9.17, 15) is 9.59 Å². The standard InChI is InChI=1S/C13H25N3O3/c1-10(11(17)18)16(5)12(19)15(4)9-13(14(2)3)7-6-8-13/h10H,6-9H2,1-5H3,(H,17,18). The Morgan fingerprint density at radius 1 is 1.21 bits per heavy atom. The second kappa shape index (κ2) is 5.77. The van der Waals surface area contributed by atoms with E-state index in [0.29, 0.717) is 6.54 Å². The molecule has 19 heavy (non-hydrogen) atoms. The average molecular weight is 271 g/mol. The molecular weight excluding hydrogens is 246 g/mol. The van der Waals surface area contributed by atoms with Gasteiger partial charge in [-0.2, -0.15) is 0 Å². The molecule has 0 heterocycles. The highest BCUT2D eigenvalue weighted by Gasteiger charge is 2.41. The maximum absolute atomic E-state index is 12.2. The highest BCUT2D eigenvalue weighted by Crippen LogP contribution is 2.36. The van der Waals surface area contributed by atoms with Crippen LogP contribution in [-0.2, 0) is 4.79 Å². The van der Waals surface area contributed by atoms with Crippen LogP contribution in [0, 0.1) is 0 Å². The summed E-state index contributed by atoms with van der Waals surface area (Å²) < 4.78 is 0. The van der Waals surface area contributed by atoms with Crippen LogP contribution in [0.25, 0.3) is 0 Å². The number of rotatable bonds is 5. The molecule has 2 amide bonds. The second-order valence-electron chi connectivity index (χ2n) is 5.74. The van der Waals surface area contributed by atoms with Crippen LogP contribution in [0.3, 0.4) is 0 Å². The smallest absolute Gasteiger partial charge is 0.326 e. The van der Waals surface area contributed by atoms with Gasteiger partial charge in [0.2, 0.25) is 0 Å². The molecule has 1 aliphatic rings. The van der Waals surface area contributed by atoms with Gasteiger partial charge < -0.3 is 19.8 Å². The Labute approximate surface area is 115 Å². The quantitative estimate of drug-likeness (QED) is 0.808. The normalized spacial score (nSPS) is 18.6. The average Bonchev–Trinajstić information content (AvgIpc) is 2.29. The predicted molar refractivity (Wildman–Crippen MR) is 73.2 cm³/mol. The molecule has 1 N–H and O–H groups in total. The first-order valence-corrected chi connectivity index (χ1v) is 6.59. The summed E-state index contributed by atoms with van der Waals surface area (Å²) in [4.78, 5) is 28.2. The summed E-state index contributed by atoms with van der Waals surface area (Å²) in [5.41, 5.74) is 0.0533. The van der Waals surface area contributed by atoms with E-state index >= 15 is 0 Å². The summed E-state index contributed by atoms with van der Waals surface area (Å²) >= 11 is 0. The van der Waals surface area contributed by atoms with Crippen molar-refractivity contribution in [1.29, 1.82) is 0 Å². The molecule has 6 heteroatoms. The number of aliphatic carboxylic acids is 1. The number of carboxylic acid groups (broad SMARTS) is 1. The summed E-state index contributed by atoms with van der Waals surface area (Å²) in [5, 5.41) is 8.94. The van der Waals surface area contributed by atoms with Gasteiger partial charge in [-0.15, -0.1) is 0 Å². The van der Waals surface area contributed by atoms with Crippen LogP contribution in [0.2, 0.25) is 0 Å². The van der Waals surface area contributed by atoms with E-state index in [4.69, 9.17) is 5.11 Å². The van der Waals surface area contributed by atoms with Gasteiger partial charge in [0.05, 0.1) is 0 Å². The van der Waals surface area contributed by atoms with Gasteiger partial charge in [-0.3, -0.25) is 0 Å². The zero-order valence-electron chi connectivity index (χ0n) is 12.5. The van der Waals surface area contributed by atoms with Crippen molar-refractivity contribution in [3.63, 3.8) is 0 Å². The molecule has 1 unspecified atom stereocenters. The molecule has 0 aromatic carbocycles. The molecule has 0 aromatic heterocycles. The van der Waals surface area contributed by atoms with Crippen molar-refractivity contribution in [3.8, 4) is 0 Å². The molecule has 0 spiro atoms. The number of nitrogens with zero attached hydrogens (tertiary/aromatic N) is 3. The number of hydrogen-bond donors (Lipinski definition) is 1. The lowest BCUT2D eigenvalue weighted by Gasteiger charge is -2.49. The van der Waals surface area contributed by atoms with E-state index in [-0.39, 0.29) is 11.6 Å². The number of carbonyl (C=O) groups excluding carboxylic acids is 1. The minimum atomic E-state index is -0.991. The first kappa shape index (κ1) is 15.8. The summed E-state index contributed by atoms with van der Waals surface area (Å²) in [7, 11) is 7.32. The third-order valence-corrected chi connectivity index (χ3v) is 4.33. The summed E-state index contributed by atoms with van der Waals surface area (Å²) in [6.45, 7) is 2.15. The Kier molecular flexibility index (Phi) is 4.79. The Hall–Kier alpha value is -1.30. The van der Waals surface area contributed by atoms with Crippen molar-refractivity contribution in [2.24, 2.45) is 0 Å². The summed E-state index contributed by atoms with van der Waals surface area (Å²) in [5.74, 6) is -0.991. The lowest BCUT2D eigenvalue weighted by molar-refractivity contribution is -0.141. The minimum Gasteiger partial charge on any atom is -0.480 e. The van der Waals surface area contributed by atoms with Crippen molar-refractivity contribution in [2.75, 3.05) is 34.7 Å². The van der Waals surface area contributed by atoms with Gasteiger partial charge in [0, 0.05) is 26.2 Å². The number of carboxylic acids is 1. The first-order valence-electron chi connectivity index (χ1n) is 6.59. The molecule has 0 bridgehead atoms. The lowest BCUT2D eigenvalue weighted by Crippen LogP contribution is -2.59. The van der Waals surface area contributed by atoms with E-state index in [1.54, 1.807) is 11.9 Å². The molecule has 0 aromatic rings. The first-order chi connectivity index (χ1) is 8.71. The van der Waals surface area contributed by atoms with Crippen LogP contribution in [0.5, 0.6) is 0 Å². The van der Waals surface area contributed by atoms with Crippen LogP contribution in [0.1, 0.15) is 26.2 Å². The van der Waals surface area contributed by atoms with Crippen LogP contribution in [0.15, 0.2) is 0 Å². The van der Waals surface area contributed by atoms with Gasteiger partial charge >= 0.3 is 12.0 Å². The van der Waals surface area contributed by atoms with E-state index in [1.165, 1.54) is 25.3 Å². The maximum Gasteiger partial charge on any atom is 0.326 e. The molecule has 110 valence electrons. The van der Waals surface area contributed by atoms with E-state index in [2.05, 4.69) is 4.90 Å². The van der Waals surface area contributed by atoms with Gasteiger partial charge in [-0.1, -0.05) is 0 Å². The van der Waals surface area contributed by atoms with Crippen molar-refractivity contribution in [1.82, 2.24) is 14.7 Å². The molecule has 0 aliphatic heterocycles. The van der Waals surface area contributed by atoms with Crippen LogP contribution in [0.4, 0.5) is 4.79 Å². The third-order valence-electron chi connectivity index (χ3n) is 4.33. The predicted octanol–water partition coefficient (Wildman–Crippen LogP) is 0.927. The molecule has 1 fully saturated rings. The fraction of sp³-hybridized carbons (Fsp3) is 0.846. The van der Waals surface area contributed by atoms with Crippen LogP contribution in [-0.4, -0.2) is 78.1 Å². The van der Waals surface area contributed by atoms with Crippen LogP contribution >= 0.6 is 0 Å². The highest BCUT2D eigenvalue weighted by atomic mass is 16.4. The zero-order valence-corrected chi connectivity index (χ0v) is 12.5.